The van der Waals surface area contributed by atoms with Gasteiger partial charge in [-0.3, -0.25) is 4.79 Å². The van der Waals surface area contributed by atoms with E-state index in [4.69, 9.17) is 21.1 Å². The van der Waals surface area contributed by atoms with Crippen molar-refractivity contribution in [2.45, 2.75) is 38.1 Å². The summed E-state index contributed by atoms with van der Waals surface area (Å²) in [6.07, 6.45) is 4.83. The highest BCUT2D eigenvalue weighted by atomic mass is 35.5. The van der Waals surface area contributed by atoms with Gasteiger partial charge in [-0.05, 0) is 24.0 Å². The number of carbonyl (C=O) groups is 1. The van der Waals surface area contributed by atoms with Crippen molar-refractivity contribution in [3.05, 3.63) is 52.8 Å². The number of amides is 1. The molecule has 7 heteroatoms. The number of rotatable bonds is 3. The average molecular weight is 374 g/mol. The number of likely N-dealkylation sites (tertiary alicyclic amines) is 1. The summed E-state index contributed by atoms with van der Waals surface area (Å²) in [6.45, 7) is 1.73. The fraction of sp³-hybridized carbons (Fsp3) is 0.421. The van der Waals surface area contributed by atoms with Crippen molar-refractivity contribution in [1.82, 2.24) is 14.9 Å². The van der Waals surface area contributed by atoms with Crippen LogP contribution in [0, 0.1) is 0 Å². The zero-order valence-electron chi connectivity index (χ0n) is 14.3. The molecule has 2 unspecified atom stereocenters. The maximum Gasteiger partial charge on any atom is 0.316 e. The van der Waals surface area contributed by atoms with Gasteiger partial charge in [-0.25, -0.2) is 9.97 Å². The molecule has 0 N–H and O–H groups in total. The lowest BCUT2D eigenvalue weighted by atomic mass is 9.98. The highest BCUT2D eigenvalue weighted by molar-refractivity contribution is 6.30. The number of ether oxygens (including phenoxy) is 2. The molecule has 0 radical (unpaired) electrons. The Kier molecular flexibility index (Phi) is 5.04. The predicted octanol–water partition coefficient (Wildman–Crippen LogP) is 2.64. The van der Waals surface area contributed by atoms with Crippen molar-refractivity contribution in [3.63, 3.8) is 0 Å². The SMILES string of the molecule is O=C(C1Cc2ccccc2CO1)N1CCCC(Oc2ncc(Cl)cn2)C1. The first-order valence-corrected chi connectivity index (χ1v) is 9.18. The number of benzene rings is 1. The average Bonchev–Trinajstić information content (AvgIpc) is 2.69. The van der Waals surface area contributed by atoms with Crippen LogP contribution in [0.5, 0.6) is 6.01 Å². The summed E-state index contributed by atoms with van der Waals surface area (Å²) in [6, 6.07) is 8.40. The van der Waals surface area contributed by atoms with E-state index in [1.165, 1.54) is 18.0 Å². The van der Waals surface area contributed by atoms with Crippen molar-refractivity contribution in [2.24, 2.45) is 0 Å². The summed E-state index contributed by atoms with van der Waals surface area (Å²) in [5.41, 5.74) is 2.35. The van der Waals surface area contributed by atoms with Crippen LogP contribution in [0.4, 0.5) is 0 Å². The lowest BCUT2D eigenvalue weighted by Crippen LogP contribution is -2.49. The largest absolute Gasteiger partial charge is 0.458 e. The molecule has 2 aliphatic heterocycles. The third-order valence-electron chi connectivity index (χ3n) is 4.80. The number of fused-ring (bicyclic) bond motifs is 1. The summed E-state index contributed by atoms with van der Waals surface area (Å²) < 4.78 is 11.6. The summed E-state index contributed by atoms with van der Waals surface area (Å²) >= 11 is 5.79. The third-order valence-corrected chi connectivity index (χ3v) is 4.99. The zero-order chi connectivity index (χ0) is 17.9. The molecule has 136 valence electrons. The van der Waals surface area contributed by atoms with E-state index < -0.39 is 6.10 Å². The molecule has 6 nitrogen and oxygen atoms in total. The van der Waals surface area contributed by atoms with Gasteiger partial charge in [-0.2, -0.15) is 0 Å². The zero-order valence-corrected chi connectivity index (χ0v) is 15.1. The lowest BCUT2D eigenvalue weighted by molar-refractivity contribution is -0.148. The summed E-state index contributed by atoms with van der Waals surface area (Å²) in [7, 11) is 0. The van der Waals surface area contributed by atoms with Gasteiger partial charge >= 0.3 is 6.01 Å². The minimum absolute atomic E-state index is 0.0322. The molecule has 0 spiro atoms. The van der Waals surface area contributed by atoms with Crippen LogP contribution in [0.25, 0.3) is 0 Å². The second-order valence-corrected chi connectivity index (χ2v) is 7.06. The fourth-order valence-corrected chi connectivity index (χ4v) is 3.55. The molecule has 4 rings (SSSR count). The van der Waals surface area contributed by atoms with E-state index in [2.05, 4.69) is 16.0 Å². The van der Waals surface area contributed by atoms with Gasteiger partial charge in [0, 0.05) is 13.0 Å². The standard InChI is InChI=1S/C19H20ClN3O3/c20-15-9-21-19(22-10-15)26-16-6-3-7-23(11-16)18(24)17-8-13-4-1-2-5-14(13)12-25-17/h1-2,4-5,9-10,16-17H,3,6-8,11-12H2. The Bertz CT molecular complexity index is 784. The van der Waals surface area contributed by atoms with E-state index >= 15 is 0 Å². The van der Waals surface area contributed by atoms with Gasteiger partial charge in [0.25, 0.3) is 5.91 Å². The van der Waals surface area contributed by atoms with Gasteiger partial charge in [-0.1, -0.05) is 35.9 Å². The van der Waals surface area contributed by atoms with Crippen LogP contribution < -0.4 is 4.74 Å². The number of carbonyl (C=O) groups excluding carboxylic acids is 1. The van der Waals surface area contributed by atoms with E-state index in [0.717, 1.165) is 24.9 Å². The molecule has 3 heterocycles. The molecule has 0 saturated carbocycles. The van der Waals surface area contributed by atoms with Crippen molar-refractivity contribution in [2.75, 3.05) is 13.1 Å². The molecule has 1 aromatic heterocycles. The number of halogens is 1. The van der Waals surface area contributed by atoms with Gasteiger partial charge in [0.15, 0.2) is 0 Å². The first-order chi connectivity index (χ1) is 12.7. The number of piperidine rings is 1. The summed E-state index contributed by atoms with van der Waals surface area (Å²) in [5.74, 6) is 0.0322. The quantitative estimate of drug-likeness (QED) is 0.827. The van der Waals surface area contributed by atoms with Gasteiger partial charge < -0.3 is 14.4 Å². The van der Waals surface area contributed by atoms with Crippen LogP contribution in [0.3, 0.4) is 0 Å². The van der Waals surface area contributed by atoms with Crippen molar-refractivity contribution >= 4 is 17.5 Å². The van der Waals surface area contributed by atoms with Crippen LogP contribution >= 0.6 is 11.6 Å². The molecule has 0 bridgehead atoms. The van der Waals surface area contributed by atoms with E-state index in [1.807, 2.05) is 23.1 Å². The monoisotopic (exact) mass is 373 g/mol. The lowest BCUT2D eigenvalue weighted by Gasteiger charge is -2.35. The number of aromatic nitrogens is 2. The van der Waals surface area contributed by atoms with Crippen LogP contribution in [-0.2, 0) is 22.6 Å². The Balaban J connectivity index is 1.38. The van der Waals surface area contributed by atoms with Crippen LogP contribution in [0.15, 0.2) is 36.7 Å². The predicted molar refractivity (Wildman–Crippen MR) is 96.0 cm³/mol. The Labute approximate surface area is 157 Å². The van der Waals surface area contributed by atoms with E-state index in [0.29, 0.717) is 24.6 Å². The molecular formula is C19H20ClN3O3. The highest BCUT2D eigenvalue weighted by Gasteiger charge is 2.32. The second kappa shape index (κ2) is 7.60. The topological polar surface area (TPSA) is 64.5 Å². The minimum atomic E-state index is -0.421. The number of hydrogen-bond donors (Lipinski definition) is 0. The molecule has 26 heavy (non-hydrogen) atoms. The third kappa shape index (κ3) is 3.81. The Morgan fingerprint density at radius 1 is 1.23 bits per heavy atom. The molecule has 2 aliphatic rings. The van der Waals surface area contributed by atoms with Crippen molar-refractivity contribution < 1.29 is 14.3 Å². The van der Waals surface area contributed by atoms with Crippen LogP contribution in [-0.4, -0.2) is 46.1 Å². The molecule has 0 aliphatic carbocycles. The summed E-state index contributed by atoms with van der Waals surface area (Å²) in [4.78, 5) is 22.9. The molecule has 1 fully saturated rings. The van der Waals surface area contributed by atoms with E-state index in [1.54, 1.807) is 0 Å². The molecule has 2 atom stereocenters. The molecule has 2 aromatic rings. The van der Waals surface area contributed by atoms with Crippen molar-refractivity contribution in [3.8, 4) is 6.01 Å². The van der Waals surface area contributed by atoms with Gasteiger partial charge in [0.1, 0.15) is 12.2 Å². The second-order valence-electron chi connectivity index (χ2n) is 6.62. The van der Waals surface area contributed by atoms with E-state index in [9.17, 15) is 4.79 Å². The summed E-state index contributed by atoms with van der Waals surface area (Å²) in [5, 5.41) is 0.465. The van der Waals surface area contributed by atoms with Crippen LogP contribution in [0.1, 0.15) is 24.0 Å². The van der Waals surface area contributed by atoms with Gasteiger partial charge in [-0.15, -0.1) is 0 Å². The molecule has 1 aromatic carbocycles. The minimum Gasteiger partial charge on any atom is -0.458 e. The first-order valence-electron chi connectivity index (χ1n) is 8.80. The van der Waals surface area contributed by atoms with Crippen molar-refractivity contribution in [1.29, 1.82) is 0 Å². The Morgan fingerprint density at radius 3 is 2.81 bits per heavy atom. The molecule has 1 amide bonds. The van der Waals surface area contributed by atoms with E-state index in [-0.39, 0.29) is 18.0 Å². The number of nitrogens with zero attached hydrogens (tertiary/aromatic N) is 3. The highest BCUT2D eigenvalue weighted by Crippen LogP contribution is 2.23. The van der Waals surface area contributed by atoms with Crippen LogP contribution in [0.2, 0.25) is 5.02 Å². The smallest absolute Gasteiger partial charge is 0.316 e. The Morgan fingerprint density at radius 2 is 2.00 bits per heavy atom. The Hall–Kier alpha value is -2.18. The maximum absolute atomic E-state index is 12.9. The first kappa shape index (κ1) is 17.2. The molecular weight excluding hydrogens is 354 g/mol. The maximum atomic E-state index is 12.9. The number of hydrogen-bond acceptors (Lipinski definition) is 5. The fourth-order valence-electron chi connectivity index (χ4n) is 3.45. The van der Waals surface area contributed by atoms with Gasteiger partial charge in [0.2, 0.25) is 0 Å². The molecule has 1 saturated heterocycles. The van der Waals surface area contributed by atoms with Gasteiger partial charge in [0.05, 0.1) is 30.6 Å². The normalized spacial score (nSPS) is 22.6.